The van der Waals surface area contributed by atoms with Crippen LogP contribution in [0, 0.1) is 0 Å². The fraction of sp³-hybridized carbons (Fsp3) is 0.375. The predicted molar refractivity (Wildman–Crippen MR) is 57.1 cm³/mol. The molecule has 0 N–H and O–H groups in total. The number of hydrogen-bond donors (Lipinski definition) is 0. The van der Waals surface area contributed by atoms with E-state index in [1.54, 1.807) is 7.11 Å². The van der Waals surface area contributed by atoms with Crippen molar-refractivity contribution in [2.75, 3.05) is 20.3 Å². The van der Waals surface area contributed by atoms with Gasteiger partial charge >= 0.3 is 6.01 Å². The van der Waals surface area contributed by atoms with E-state index in [0.29, 0.717) is 13.2 Å². The van der Waals surface area contributed by atoms with Gasteiger partial charge in [0.25, 0.3) is 5.95 Å². The molecule has 2 rings (SSSR count). The highest BCUT2D eigenvalue weighted by atomic mass is 35.5. The minimum absolute atomic E-state index is 0.0258. The lowest BCUT2D eigenvalue weighted by Crippen LogP contribution is -2.10. The molecule has 0 radical (unpaired) electrons. The quantitative estimate of drug-likeness (QED) is 0.703. The summed E-state index contributed by atoms with van der Waals surface area (Å²) in [6.07, 6.45) is 2.81. The topological polar surface area (TPSA) is 87.8 Å². The summed E-state index contributed by atoms with van der Waals surface area (Å²) in [5.41, 5.74) is 0. The van der Waals surface area contributed by atoms with Crippen molar-refractivity contribution in [1.82, 2.24) is 29.7 Å². The summed E-state index contributed by atoms with van der Waals surface area (Å²) >= 11 is 5.74. The molecule has 2 aromatic rings. The van der Waals surface area contributed by atoms with Crippen LogP contribution in [0.4, 0.5) is 0 Å². The fourth-order valence-corrected chi connectivity index (χ4v) is 1.16. The molecule has 2 aromatic heterocycles. The number of nitrogens with zero attached hydrogens (tertiary/aromatic N) is 6. The van der Waals surface area contributed by atoms with Gasteiger partial charge in [0.05, 0.1) is 6.61 Å². The monoisotopic (exact) mass is 256 g/mol. The Bertz CT molecular complexity index is 477. The van der Waals surface area contributed by atoms with Crippen LogP contribution in [0.1, 0.15) is 0 Å². The summed E-state index contributed by atoms with van der Waals surface area (Å²) in [4.78, 5) is 15.5. The number of rotatable bonds is 5. The van der Waals surface area contributed by atoms with Gasteiger partial charge < -0.3 is 9.47 Å². The molecule has 0 atom stereocenters. The molecule has 17 heavy (non-hydrogen) atoms. The Hall–Kier alpha value is -1.80. The highest BCUT2D eigenvalue weighted by Crippen LogP contribution is 2.10. The van der Waals surface area contributed by atoms with E-state index in [4.69, 9.17) is 21.1 Å². The normalized spacial score (nSPS) is 10.5. The smallest absolute Gasteiger partial charge is 0.322 e. The Morgan fingerprint density at radius 2 is 2.18 bits per heavy atom. The van der Waals surface area contributed by atoms with E-state index >= 15 is 0 Å². The number of methoxy groups -OCH3 is 1. The van der Waals surface area contributed by atoms with Crippen LogP contribution in [0.3, 0.4) is 0 Å². The maximum Gasteiger partial charge on any atom is 0.322 e. The molecule has 0 saturated carbocycles. The number of aromatic nitrogens is 6. The van der Waals surface area contributed by atoms with E-state index in [1.807, 2.05) is 0 Å². The van der Waals surface area contributed by atoms with Gasteiger partial charge in [-0.25, -0.2) is 4.98 Å². The molecule has 0 aliphatic carbocycles. The van der Waals surface area contributed by atoms with Crippen LogP contribution in [-0.2, 0) is 4.74 Å². The van der Waals surface area contributed by atoms with Gasteiger partial charge in [-0.05, 0) is 11.6 Å². The summed E-state index contributed by atoms with van der Waals surface area (Å²) in [5, 5.41) is 3.90. The molecule has 0 spiro atoms. The van der Waals surface area contributed by atoms with E-state index < -0.39 is 0 Å². The Morgan fingerprint density at radius 3 is 2.88 bits per heavy atom. The number of hydrogen-bond acceptors (Lipinski definition) is 7. The van der Waals surface area contributed by atoms with Gasteiger partial charge in [-0.2, -0.15) is 24.7 Å². The predicted octanol–water partition coefficient (Wildman–Crippen LogP) is 0.131. The third kappa shape index (κ3) is 3.08. The van der Waals surface area contributed by atoms with Gasteiger partial charge in [-0.15, -0.1) is 0 Å². The Morgan fingerprint density at radius 1 is 1.29 bits per heavy atom. The lowest BCUT2D eigenvalue weighted by Gasteiger charge is -2.05. The zero-order valence-electron chi connectivity index (χ0n) is 8.95. The van der Waals surface area contributed by atoms with E-state index in [0.717, 1.165) is 0 Å². The van der Waals surface area contributed by atoms with Crippen molar-refractivity contribution in [2.45, 2.75) is 0 Å². The number of halogens is 1. The first kappa shape index (κ1) is 11.7. The van der Waals surface area contributed by atoms with Gasteiger partial charge in [0.2, 0.25) is 5.28 Å². The molecule has 2 heterocycles. The molecule has 0 aromatic carbocycles. The van der Waals surface area contributed by atoms with Crippen LogP contribution in [-0.4, -0.2) is 50.0 Å². The highest BCUT2D eigenvalue weighted by molar-refractivity contribution is 6.28. The summed E-state index contributed by atoms with van der Waals surface area (Å²) in [7, 11) is 1.57. The molecule has 8 nitrogen and oxygen atoms in total. The van der Waals surface area contributed by atoms with E-state index in [2.05, 4.69) is 25.0 Å². The third-order valence-corrected chi connectivity index (χ3v) is 1.89. The Labute approximate surface area is 102 Å². The second kappa shape index (κ2) is 5.51. The minimum atomic E-state index is 0.0258. The Balaban J connectivity index is 2.18. The average Bonchev–Trinajstić information content (AvgIpc) is 2.82. The molecule has 0 bridgehead atoms. The zero-order valence-corrected chi connectivity index (χ0v) is 9.70. The van der Waals surface area contributed by atoms with Crippen molar-refractivity contribution >= 4 is 11.6 Å². The SMILES string of the molecule is COCCOc1nc(Cl)nc(-n2cncn2)n1. The molecule has 0 saturated heterocycles. The fourth-order valence-electron chi connectivity index (χ4n) is 1.02. The van der Waals surface area contributed by atoms with Crippen LogP contribution in [0.5, 0.6) is 6.01 Å². The van der Waals surface area contributed by atoms with Crippen molar-refractivity contribution in [2.24, 2.45) is 0 Å². The second-order valence-corrected chi connectivity index (χ2v) is 3.21. The molecular formula is C8H9ClN6O2. The molecule has 9 heteroatoms. The van der Waals surface area contributed by atoms with Gasteiger partial charge in [0.15, 0.2) is 0 Å². The summed E-state index contributed by atoms with van der Waals surface area (Å²) < 4.78 is 11.4. The van der Waals surface area contributed by atoms with Crippen LogP contribution >= 0.6 is 11.6 Å². The van der Waals surface area contributed by atoms with Crippen molar-refractivity contribution in [3.8, 4) is 12.0 Å². The second-order valence-electron chi connectivity index (χ2n) is 2.87. The van der Waals surface area contributed by atoms with Crippen molar-refractivity contribution in [3.05, 3.63) is 17.9 Å². The summed E-state index contributed by atoms with van der Waals surface area (Å²) in [5.74, 6) is 0.245. The minimum Gasteiger partial charge on any atom is -0.461 e. The maximum absolute atomic E-state index is 5.74. The molecule has 0 aliphatic rings. The first-order chi connectivity index (χ1) is 8.29. The molecule has 0 amide bonds. The van der Waals surface area contributed by atoms with Crippen LogP contribution in [0.25, 0.3) is 5.95 Å². The standard InChI is InChI=1S/C8H9ClN6O2/c1-16-2-3-17-8-13-6(9)12-7(14-8)15-5-10-4-11-15/h4-5H,2-3H2,1H3. The summed E-state index contributed by atoms with van der Waals surface area (Å²) in [6, 6.07) is 0.118. The van der Waals surface area contributed by atoms with Crippen molar-refractivity contribution in [1.29, 1.82) is 0 Å². The van der Waals surface area contributed by atoms with Crippen LogP contribution in [0.15, 0.2) is 12.7 Å². The van der Waals surface area contributed by atoms with Gasteiger partial charge in [0, 0.05) is 7.11 Å². The molecular weight excluding hydrogens is 248 g/mol. The largest absolute Gasteiger partial charge is 0.461 e. The van der Waals surface area contributed by atoms with Gasteiger partial charge in [0.1, 0.15) is 19.3 Å². The first-order valence-electron chi connectivity index (χ1n) is 4.68. The lowest BCUT2D eigenvalue weighted by molar-refractivity contribution is 0.140. The van der Waals surface area contributed by atoms with E-state index in [9.17, 15) is 0 Å². The molecule has 0 unspecified atom stereocenters. The van der Waals surface area contributed by atoms with Crippen LogP contribution in [0.2, 0.25) is 5.28 Å². The maximum atomic E-state index is 5.74. The van der Waals surface area contributed by atoms with E-state index in [1.165, 1.54) is 17.3 Å². The van der Waals surface area contributed by atoms with Crippen LogP contribution < -0.4 is 4.74 Å². The number of ether oxygens (including phenoxy) is 2. The zero-order chi connectivity index (χ0) is 12.1. The highest BCUT2D eigenvalue weighted by Gasteiger charge is 2.08. The summed E-state index contributed by atoms with van der Waals surface area (Å²) in [6.45, 7) is 0.760. The van der Waals surface area contributed by atoms with Gasteiger partial charge in [-0.1, -0.05) is 0 Å². The van der Waals surface area contributed by atoms with Crippen molar-refractivity contribution in [3.63, 3.8) is 0 Å². The molecule has 0 aliphatic heterocycles. The van der Waals surface area contributed by atoms with Gasteiger partial charge in [-0.3, -0.25) is 0 Å². The first-order valence-corrected chi connectivity index (χ1v) is 5.05. The average molecular weight is 257 g/mol. The van der Waals surface area contributed by atoms with Crippen molar-refractivity contribution < 1.29 is 9.47 Å². The third-order valence-electron chi connectivity index (χ3n) is 1.72. The lowest BCUT2D eigenvalue weighted by atomic mass is 10.8. The Kier molecular flexibility index (Phi) is 3.78. The van der Waals surface area contributed by atoms with E-state index in [-0.39, 0.29) is 17.2 Å². The molecule has 0 fully saturated rings. The molecule has 90 valence electrons.